The first-order valence-corrected chi connectivity index (χ1v) is 8.29. The summed E-state index contributed by atoms with van der Waals surface area (Å²) in [5, 5.41) is 9.17. The lowest BCUT2D eigenvalue weighted by Crippen LogP contribution is -2.32. The molecule has 0 atom stereocenters. The fraction of sp³-hybridized carbons (Fsp3) is 0.333. The van der Waals surface area contributed by atoms with Crippen LogP contribution in [0.25, 0.3) is 0 Å². The van der Waals surface area contributed by atoms with Gasteiger partial charge in [-0.3, -0.25) is 0 Å². The van der Waals surface area contributed by atoms with Crippen molar-refractivity contribution >= 4 is 10.0 Å². The molecule has 0 radical (unpaired) electrons. The Bertz CT molecular complexity index is 705. The minimum atomic E-state index is -3.58. The highest BCUT2D eigenvalue weighted by molar-refractivity contribution is 7.89. The molecule has 6 heteroatoms. The van der Waals surface area contributed by atoms with Gasteiger partial charge in [-0.15, -0.1) is 0 Å². The maximum absolute atomic E-state index is 12.8. The number of furan rings is 1. The molecule has 1 fully saturated rings. The lowest BCUT2D eigenvalue weighted by Gasteiger charge is -2.21. The zero-order chi connectivity index (χ0) is 14.9. The molecule has 112 valence electrons. The molecule has 0 aliphatic heterocycles. The summed E-state index contributed by atoms with van der Waals surface area (Å²) < 4.78 is 32.4. The summed E-state index contributed by atoms with van der Waals surface area (Å²) in [5.41, 5.74) is 0.588. The molecule has 1 heterocycles. The minimum Gasteiger partial charge on any atom is -0.468 e. The Morgan fingerprint density at radius 1 is 1.24 bits per heavy atom. The van der Waals surface area contributed by atoms with Crippen molar-refractivity contribution in [2.75, 3.05) is 0 Å². The molecule has 2 aromatic rings. The Balaban J connectivity index is 1.93. The molecule has 0 spiro atoms. The zero-order valence-electron chi connectivity index (χ0n) is 11.5. The van der Waals surface area contributed by atoms with Crippen LogP contribution in [0.3, 0.4) is 0 Å². The van der Waals surface area contributed by atoms with Crippen LogP contribution in [0, 0.1) is 0 Å². The van der Waals surface area contributed by atoms with Gasteiger partial charge < -0.3 is 9.52 Å². The predicted molar refractivity (Wildman–Crippen MR) is 76.8 cm³/mol. The zero-order valence-corrected chi connectivity index (χ0v) is 12.3. The van der Waals surface area contributed by atoms with Crippen molar-refractivity contribution < 1.29 is 17.9 Å². The van der Waals surface area contributed by atoms with Gasteiger partial charge in [-0.1, -0.05) is 12.1 Å². The normalized spacial score (nSPS) is 15.5. The SMILES string of the molecule is O=S(=O)(c1cccc(CO)c1)N(Cc1ccco1)C1CC1. The van der Waals surface area contributed by atoms with E-state index in [0.717, 1.165) is 12.8 Å². The highest BCUT2D eigenvalue weighted by atomic mass is 32.2. The third-order valence-electron chi connectivity index (χ3n) is 3.53. The number of aliphatic hydroxyl groups is 1. The number of nitrogens with zero attached hydrogens (tertiary/aromatic N) is 1. The van der Waals surface area contributed by atoms with Crippen molar-refractivity contribution in [1.29, 1.82) is 0 Å². The van der Waals surface area contributed by atoms with Gasteiger partial charge in [0.1, 0.15) is 5.76 Å². The van der Waals surface area contributed by atoms with E-state index in [4.69, 9.17) is 4.42 Å². The summed E-state index contributed by atoms with van der Waals surface area (Å²) in [4.78, 5) is 0.215. The number of hydrogen-bond donors (Lipinski definition) is 1. The molecule has 1 aliphatic carbocycles. The van der Waals surface area contributed by atoms with Crippen LogP contribution in [-0.2, 0) is 23.2 Å². The molecule has 1 aromatic heterocycles. The van der Waals surface area contributed by atoms with Gasteiger partial charge in [0.05, 0.1) is 24.3 Å². The molecule has 1 aliphatic rings. The first-order valence-electron chi connectivity index (χ1n) is 6.85. The lowest BCUT2D eigenvalue weighted by atomic mass is 10.2. The second kappa shape index (κ2) is 5.63. The second-order valence-electron chi connectivity index (χ2n) is 5.17. The van der Waals surface area contributed by atoms with Crippen molar-refractivity contribution in [3.8, 4) is 0 Å². The van der Waals surface area contributed by atoms with Crippen LogP contribution in [0.1, 0.15) is 24.2 Å². The quantitative estimate of drug-likeness (QED) is 0.887. The van der Waals surface area contributed by atoms with Gasteiger partial charge in [0, 0.05) is 6.04 Å². The van der Waals surface area contributed by atoms with Crippen LogP contribution >= 0.6 is 0 Å². The fourth-order valence-electron chi connectivity index (χ4n) is 2.27. The van der Waals surface area contributed by atoms with Gasteiger partial charge in [-0.05, 0) is 42.7 Å². The van der Waals surface area contributed by atoms with E-state index in [-0.39, 0.29) is 24.1 Å². The van der Waals surface area contributed by atoms with Gasteiger partial charge in [-0.25, -0.2) is 8.42 Å². The molecular weight excluding hydrogens is 290 g/mol. The maximum Gasteiger partial charge on any atom is 0.243 e. The summed E-state index contributed by atoms with van der Waals surface area (Å²) >= 11 is 0. The van der Waals surface area contributed by atoms with E-state index in [0.29, 0.717) is 11.3 Å². The summed E-state index contributed by atoms with van der Waals surface area (Å²) in [6.07, 6.45) is 3.29. The van der Waals surface area contributed by atoms with E-state index < -0.39 is 10.0 Å². The largest absolute Gasteiger partial charge is 0.468 e. The van der Waals surface area contributed by atoms with Crippen molar-refractivity contribution in [3.05, 3.63) is 54.0 Å². The van der Waals surface area contributed by atoms with Gasteiger partial charge in [0.25, 0.3) is 0 Å². The van der Waals surface area contributed by atoms with E-state index in [1.54, 1.807) is 36.6 Å². The summed E-state index contributed by atoms with van der Waals surface area (Å²) in [7, 11) is -3.58. The van der Waals surface area contributed by atoms with Gasteiger partial charge >= 0.3 is 0 Å². The van der Waals surface area contributed by atoms with E-state index >= 15 is 0 Å². The Hall–Kier alpha value is -1.63. The molecule has 0 saturated heterocycles. The predicted octanol–water partition coefficient (Wildman–Crippen LogP) is 2.13. The Labute approximate surface area is 123 Å². The maximum atomic E-state index is 12.8. The molecule has 1 saturated carbocycles. The third kappa shape index (κ3) is 3.02. The summed E-state index contributed by atoms with van der Waals surface area (Å²) in [6, 6.07) is 9.99. The topological polar surface area (TPSA) is 70.8 Å². The van der Waals surface area contributed by atoms with E-state index in [1.807, 2.05) is 0 Å². The van der Waals surface area contributed by atoms with Crippen LogP contribution in [0.15, 0.2) is 52.0 Å². The van der Waals surface area contributed by atoms with Gasteiger partial charge in [0.2, 0.25) is 10.0 Å². The van der Waals surface area contributed by atoms with Gasteiger partial charge in [-0.2, -0.15) is 4.31 Å². The van der Waals surface area contributed by atoms with Crippen LogP contribution in [0.4, 0.5) is 0 Å². The van der Waals surface area contributed by atoms with Crippen molar-refractivity contribution in [1.82, 2.24) is 4.31 Å². The summed E-state index contributed by atoms with van der Waals surface area (Å²) in [6.45, 7) is 0.0638. The van der Waals surface area contributed by atoms with E-state index in [2.05, 4.69) is 0 Å². The molecule has 3 rings (SSSR count). The minimum absolute atomic E-state index is 0.0397. The molecular formula is C15H17NO4S. The van der Waals surface area contributed by atoms with Crippen LogP contribution in [0.5, 0.6) is 0 Å². The average molecular weight is 307 g/mol. The average Bonchev–Trinajstić information content (AvgIpc) is 3.20. The van der Waals surface area contributed by atoms with Crippen molar-refractivity contribution in [2.24, 2.45) is 0 Å². The standard InChI is InChI=1S/C15H17NO4S/c17-11-12-3-1-5-15(9-12)21(18,19)16(13-6-7-13)10-14-4-2-8-20-14/h1-5,8-9,13,17H,6-7,10-11H2. The van der Waals surface area contributed by atoms with Gasteiger partial charge in [0.15, 0.2) is 0 Å². The Kier molecular flexibility index (Phi) is 3.84. The smallest absolute Gasteiger partial charge is 0.243 e. The number of benzene rings is 1. The molecule has 0 amide bonds. The van der Waals surface area contributed by atoms with Crippen LogP contribution < -0.4 is 0 Å². The first-order chi connectivity index (χ1) is 10.1. The molecule has 1 aromatic carbocycles. The van der Waals surface area contributed by atoms with Crippen molar-refractivity contribution in [3.63, 3.8) is 0 Å². The van der Waals surface area contributed by atoms with Crippen LogP contribution in [-0.4, -0.2) is 23.9 Å². The molecule has 0 bridgehead atoms. The number of aliphatic hydroxyl groups excluding tert-OH is 1. The highest BCUT2D eigenvalue weighted by Crippen LogP contribution is 2.33. The highest BCUT2D eigenvalue weighted by Gasteiger charge is 2.38. The Morgan fingerprint density at radius 2 is 2.05 bits per heavy atom. The second-order valence-corrected chi connectivity index (χ2v) is 7.06. The van der Waals surface area contributed by atoms with Crippen molar-refractivity contribution in [2.45, 2.75) is 36.9 Å². The third-order valence-corrected chi connectivity index (χ3v) is 5.43. The number of hydrogen-bond acceptors (Lipinski definition) is 4. The van der Waals surface area contributed by atoms with Crippen LogP contribution in [0.2, 0.25) is 0 Å². The molecule has 21 heavy (non-hydrogen) atoms. The molecule has 5 nitrogen and oxygen atoms in total. The number of rotatable bonds is 6. The lowest BCUT2D eigenvalue weighted by molar-refractivity contribution is 0.281. The fourth-order valence-corrected chi connectivity index (χ4v) is 3.99. The molecule has 0 unspecified atom stereocenters. The molecule has 1 N–H and O–H groups in total. The first kappa shape index (κ1) is 14.3. The monoisotopic (exact) mass is 307 g/mol. The number of sulfonamides is 1. The van der Waals surface area contributed by atoms with E-state index in [9.17, 15) is 13.5 Å². The summed E-state index contributed by atoms with van der Waals surface area (Å²) in [5.74, 6) is 0.629. The van der Waals surface area contributed by atoms with E-state index in [1.165, 1.54) is 10.4 Å². The Morgan fingerprint density at radius 3 is 2.67 bits per heavy atom.